The first-order valence-corrected chi connectivity index (χ1v) is 11.3. The second kappa shape index (κ2) is 8.11. The largest absolute Gasteiger partial charge is 0.352 e. The molecule has 0 saturated carbocycles. The quantitative estimate of drug-likeness (QED) is 0.673. The summed E-state index contributed by atoms with van der Waals surface area (Å²) in [6.45, 7) is 9.73. The van der Waals surface area contributed by atoms with Crippen molar-refractivity contribution in [3.05, 3.63) is 34.7 Å². The molecule has 2 amide bonds. The lowest BCUT2D eigenvalue weighted by atomic mass is 9.97. The molecule has 0 unspecified atom stereocenters. The smallest absolute Gasteiger partial charge is 0.350 e. The van der Waals surface area contributed by atoms with Crippen LogP contribution >= 0.6 is 0 Å². The van der Waals surface area contributed by atoms with Crippen LogP contribution in [0.25, 0.3) is 16.8 Å². The molecule has 32 heavy (non-hydrogen) atoms. The maximum atomic E-state index is 13.3. The van der Waals surface area contributed by atoms with E-state index in [9.17, 15) is 14.4 Å². The molecule has 1 fully saturated rings. The molecule has 3 heterocycles. The lowest BCUT2D eigenvalue weighted by Crippen LogP contribution is -2.48. The Morgan fingerprint density at radius 2 is 1.69 bits per heavy atom. The van der Waals surface area contributed by atoms with Gasteiger partial charge in [-0.2, -0.15) is 0 Å². The highest BCUT2D eigenvalue weighted by Crippen LogP contribution is 2.24. The van der Waals surface area contributed by atoms with Crippen LogP contribution in [0.3, 0.4) is 0 Å². The summed E-state index contributed by atoms with van der Waals surface area (Å²) in [4.78, 5) is 40.8. The maximum Gasteiger partial charge on any atom is 0.352 e. The van der Waals surface area contributed by atoms with Crippen molar-refractivity contribution in [2.45, 2.75) is 84.6 Å². The molecule has 1 N–H and O–H groups in total. The molecule has 172 valence electrons. The second-order valence-electron chi connectivity index (χ2n) is 9.88. The van der Waals surface area contributed by atoms with Gasteiger partial charge in [0, 0.05) is 17.6 Å². The van der Waals surface area contributed by atoms with Crippen LogP contribution in [-0.2, 0) is 22.7 Å². The van der Waals surface area contributed by atoms with Gasteiger partial charge < -0.3 is 10.2 Å². The Morgan fingerprint density at radius 3 is 2.31 bits per heavy atom. The minimum atomic E-state index is -0.407. The van der Waals surface area contributed by atoms with Crippen molar-refractivity contribution in [2.24, 2.45) is 0 Å². The number of hydrogen-bond acceptors (Lipinski definition) is 4. The van der Waals surface area contributed by atoms with Gasteiger partial charge in [-0.25, -0.2) is 13.9 Å². The number of carbonyl (C=O) groups is 2. The molecule has 9 heteroatoms. The highest BCUT2D eigenvalue weighted by molar-refractivity contribution is 5.85. The Kier molecular flexibility index (Phi) is 5.60. The van der Waals surface area contributed by atoms with Crippen LogP contribution in [0.15, 0.2) is 29.1 Å². The lowest BCUT2D eigenvalue weighted by Gasteiger charge is -2.39. The van der Waals surface area contributed by atoms with Crippen LogP contribution < -0.4 is 11.0 Å². The predicted octanol–water partition coefficient (Wildman–Crippen LogP) is 2.15. The molecule has 0 bridgehead atoms. The third-order valence-corrected chi connectivity index (χ3v) is 6.06. The van der Waals surface area contributed by atoms with Gasteiger partial charge in [-0.3, -0.25) is 14.2 Å². The summed E-state index contributed by atoms with van der Waals surface area (Å²) in [6, 6.07) is 7.81. The van der Waals surface area contributed by atoms with Gasteiger partial charge in [-0.1, -0.05) is 12.1 Å². The number of nitrogens with one attached hydrogen (secondary N) is 1. The third-order valence-electron chi connectivity index (χ3n) is 6.06. The van der Waals surface area contributed by atoms with E-state index in [1.54, 1.807) is 4.57 Å². The Bertz CT molecular complexity index is 1220. The summed E-state index contributed by atoms with van der Waals surface area (Å²) in [5, 5.41) is 7.31. The fourth-order valence-electron chi connectivity index (χ4n) is 4.75. The number of amides is 2. The van der Waals surface area contributed by atoms with Crippen LogP contribution in [0.1, 0.15) is 53.9 Å². The molecule has 4 rings (SSSR count). The SMILES string of the molecule is C[C@@H]1CCC[C@H](C)N1C(=O)Cn1c2ccccc2n2c(=O)n(CC(=O)NC(C)(C)C)nc12. The molecule has 1 aliphatic heterocycles. The molecule has 1 aromatic carbocycles. The number of aromatic nitrogens is 4. The van der Waals surface area contributed by atoms with Crippen LogP contribution in [0, 0.1) is 0 Å². The molecule has 9 nitrogen and oxygen atoms in total. The van der Waals surface area contributed by atoms with E-state index in [-0.39, 0.29) is 37.0 Å². The van der Waals surface area contributed by atoms with E-state index < -0.39 is 11.2 Å². The first kappa shape index (κ1) is 22.1. The van der Waals surface area contributed by atoms with Crippen molar-refractivity contribution < 1.29 is 9.59 Å². The summed E-state index contributed by atoms with van der Waals surface area (Å²) in [7, 11) is 0. The fraction of sp³-hybridized carbons (Fsp3) is 0.565. The Morgan fingerprint density at radius 1 is 1.06 bits per heavy atom. The maximum absolute atomic E-state index is 13.3. The van der Waals surface area contributed by atoms with Gasteiger partial charge in [0.05, 0.1) is 11.0 Å². The zero-order valence-corrected chi connectivity index (χ0v) is 19.5. The fourth-order valence-corrected chi connectivity index (χ4v) is 4.75. The van der Waals surface area contributed by atoms with E-state index in [1.165, 1.54) is 4.40 Å². The van der Waals surface area contributed by atoms with E-state index in [0.29, 0.717) is 11.3 Å². The number of nitrogens with zero attached hydrogens (tertiary/aromatic N) is 5. The zero-order valence-electron chi connectivity index (χ0n) is 19.5. The monoisotopic (exact) mass is 440 g/mol. The summed E-state index contributed by atoms with van der Waals surface area (Å²) in [6.07, 6.45) is 3.11. The third kappa shape index (κ3) is 4.03. The number of carbonyl (C=O) groups excluding carboxylic acids is 2. The van der Waals surface area contributed by atoms with Crippen LogP contribution in [0.4, 0.5) is 0 Å². The summed E-state index contributed by atoms with van der Waals surface area (Å²) < 4.78 is 4.43. The van der Waals surface area contributed by atoms with E-state index in [1.807, 2.05) is 49.9 Å². The molecule has 0 aliphatic carbocycles. The number of rotatable bonds is 4. The second-order valence-corrected chi connectivity index (χ2v) is 9.88. The average molecular weight is 441 g/mol. The normalized spacial score (nSPS) is 19.6. The highest BCUT2D eigenvalue weighted by atomic mass is 16.2. The van der Waals surface area contributed by atoms with Crippen LogP contribution in [-0.4, -0.2) is 53.1 Å². The van der Waals surface area contributed by atoms with E-state index in [2.05, 4.69) is 24.3 Å². The van der Waals surface area contributed by atoms with Gasteiger partial charge in [0.1, 0.15) is 13.1 Å². The van der Waals surface area contributed by atoms with Crippen molar-refractivity contribution in [1.82, 2.24) is 29.0 Å². The van der Waals surface area contributed by atoms with Gasteiger partial charge in [0.2, 0.25) is 17.6 Å². The van der Waals surface area contributed by atoms with Crippen LogP contribution in [0.2, 0.25) is 0 Å². The Hall–Kier alpha value is -3.10. The van der Waals surface area contributed by atoms with Gasteiger partial charge in [0.15, 0.2) is 0 Å². The van der Waals surface area contributed by atoms with Gasteiger partial charge in [-0.05, 0) is 66.0 Å². The van der Waals surface area contributed by atoms with Gasteiger partial charge in [-0.15, -0.1) is 5.10 Å². The lowest BCUT2D eigenvalue weighted by molar-refractivity contribution is -0.137. The molecule has 1 aliphatic rings. The van der Waals surface area contributed by atoms with Crippen molar-refractivity contribution in [2.75, 3.05) is 0 Å². The van der Waals surface area contributed by atoms with Crippen LogP contribution in [0.5, 0.6) is 0 Å². The summed E-state index contributed by atoms with van der Waals surface area (Å²) >= 11 is 0. The van der Waals surface area contributed by atoms with Gasteiger partial charge >= 0.3 is 5.69 Å². The number of para-hydroxylation sites is 2. The van der Waals surface area contributed by atoms with Gasteiger partial charge in [0.25, 0.3) is 0 Å². The standard InChI is InChI=1S/C23H32N6O3/c1-15-9-8-10-16(2)28(15)20(31)14-26-17-11-6-7-12-18(17)29-21(26)25-27(22(29)32)13-19(30)24-23(3,4)5/h6-7,11-12,15-16H,8-10,13-14H2,1-5H3,(H,24,30)/t15-,16+. The molecular weight excluding hydrogens is 408 g/mol. The van der Waals surface area contributed by atoms with E-state index in [0.717, 1.165) is 29.5 Å². The number of benzene rings is 1. The van der Waals surface area contributed by atoms with Crippen molar-refractivity contribution in [3.8, 4) is 0 Å². The number of fused-ring (bicyclic) bond motifs is 3. The minimum absolute atomic E-state index is 0.0143. The Labute approximate surface area is 187 Å². The topological polar surface area (TPSA) is 93.6 Å². The molecule has 3 aromatic rings. The number of hydrogen-bond donors (Lipinski definition) is 1. The zero-order chi connectivity index (χ0) is 23.2. The number of likely N-dealkylation sites (tertiary alicyclic amines) is 1. The molecule has 0 spiro atoms. The van der Waals surface area contributed by atoms with Crippen molar-refractivity contribution >= 4 is 28.6 Å². The molecule has 2 aromatic heterocycles. The van der Waals surface area contributed by atoms with E-state index >= 15 is 0 Å². The number of imidazole rings is 1. The first-order valence-electron chi connectivity index (χ1n) is 11.3. The summed E-state index contributed by atoms with van der Waals surface area (Å²) in [5.74, 6) is 0.0918. The molecule has 2 atom stereocenters. The molecule has 1 saturated heterocycles. The molecular formula is C23H32N6O3. The van der Waals surface area contributed by atoms with Crippen molar-refractivity contribution in [3.63, 3.8) is 0 Å². The van der Waals surface area contributed by atoms with Crippen molar-refractivity contribution in [1.29, 1.82) is 0 Å². The highest BCUT2D eigenvalue weighted by Gasteiger charge is 2.30. The minimum Gasteiger partial charge on any atom is -0.350 e. The Balaban J connectivity index is 1.74. The first-order chi connectivity index (χ1) is 15.1. The number of piperidine rings is 1. The molecule has 0 radical (unpaired) electrons. The predicted molar refractivity (Wildman–Crippen MR) is 122 cm³/mol. The summed E-state index contributed by atoms with van der Waals surface area (Å²) in [5.41, 5.74) is 0.633. The average Bonchev–Trinajstić information content (AvgIpc) is 3.16. The van der Waals surface area contributed by atoms with E-state index in [4.69, 9.17) is 0 Å².